The van der Waals surface area contributed by atoms with Gasteiger partial charge < -0.3 is 34.3 Å². The van der Waals surface area contributed by atoms with Gasteiger partial charge in [-0.3, -0.25) is 15.0 Å². The van der Waals surface area contributed by atoms with Crippen LogP contribution in [0.5, 0.6) is 17.2 Å². The van der Waals surface area contributed by atoms with Crippen molar-refractivity contribution in [1.29, 1.82) is 0 Å². The van der Waals surface area contributed by atoms with Gasteiger partial charge in [0.05, 0.1) is 52.7 Å². The van der Waals surface area contributed by atoms with Gasteiger partial charge in [-0.25, -0.2) is 0 Å². The summed E-state index contributed by atoms with van der Waals surface area (Å²) in [6.07, 6.45) is 0. The van der Waals surface area contributed by atoms with Crippen LogP contribution in [0.4, 0.5) is 22.7 Å². The number of morpholine rings is 2. The number of nitro benzene ring substituents is 1. The molecule has 0 atom stereocenters. The van der Waals surface area contributed by atoms with Gasteiger partial charge in [-0.05, 0) is 48.5 Å². The van der Waals surface area contributed by atoms with Gasteiger partial charge in [0, 0.05) is 42.7 Å². The van der Waals surface area contributed by atoms with E-state index in [0.717, 1.165) is 62.3 Å². The summed E-state index contributed by atoms with van der Waals surface area (Å²) in [5.41, 5.74) is 8.34. The normalized spacial score (nSPS) is 14.7. The second kappa shape index (κ2) is 17.6. The number of nitrogens with zero attached hydrogens (tertiary/aromatic N) is 2. The lowest BCUT2D eigenvalue weighted by atomic mass is 10.2. The number of benzene rings is 3. The summed E-state index contributed by atoms with van der Waals surface area (Å²) in [5, 5.41) is 10.9. The fraction of sp³-hybridized carbons (Fsp3) is 0.400. The van der Waals surface area contributed by atoms with E-state index in [1.807, 2.05) is 30.3 Å². The monoisotopic (exact) mass is 571 g/mol. The molecule has 0 aliphatic carbocycles. The minimum absolute atomic E-state index is 0. The summed E-state index contributed by atoms with van der Waals surface area (Å²) >= 11 is 0. The summed E-state index contributed by atoms with van der Waals surface area (Å²) < 4.78 is 25.6. The van der Waals surface area contributed by atoms with Crippen LogP contribution in [0.3, 0.4) is 0 Å². The number of quaternary nitrogens is 1. The van der Waals surface area contributed by atoms with Crippen LogP contribution < -0.4 is 29.7 Å². The van der Waals surface area contributed by atoms with E-state index in [1.54, 1.807) is 38.5 Å². The molecule has 0 spiro atoms. The third kappa shape index (κ3) is 10.5. The molecule has 0 radical (unpaired) electrons. The van der Waals surface area contributed by atoms with Crippen molar-refractivity contribution in [2.24, 2.45) is 0 Å². The van der Waals surface area contributed by atoms with E-state index in [-0.39, 0.29) is 18.9 Å². The lowest BCUT2D eigenvalue weighted by molar-refractivity contribution is -0.842. The molecule has 0 aromatic heterocycles. The van der Waals surface area contributed by atoms with Crippen molar-refractivity contribution in [1.82, 2.24) is 0 Å². The van der Waals surface area contributed by atoms with Gasteiger partial charge in [-0.1, -0.05) is 7.43 Å². The smallest absolute Gasteiger partial charge is 0.312 e. The molecule has 0 bridgehead atoms. The first kappa shape index (κ1) is 33.1. The molecule has 0 amide bonds. The number of nitro groups is 1. The number of nitrogen functional groups attached to an aromatic ring is 1. The summed E-state index contributed by atoms with van der Waals surface area (Å²) in [6, 6.07) is 20.5. The third-order valence-corrected chi connectivity index (χ3v) is 6.45. The van der Waals surface area contributed by atoms with Crippen LogP contribution in [0.25, 0.3) is 0 Å². The van der Waals surface area contributed by atoms with Gasteiger partial charge in [-0.2, -0.15) is 0 Å². The van der Waals surface area contributed by atoms with Crippen LogP contribution >= 0.6 is 0 Å². The number of hydrogen-bond donors (Lipinski definition) is 2. The highest BCUT2D eigenvalue weighted by molar-refractivity contribution is 5.60. The van der Waals surface area contributed by atoms with Crippen molar-refractivity contribution in [2.45, 2.75) is 7.43 Å². The fourth-order valence-electron chi connectivity index (χ4n) is 4.18. The number of nitrogens with two attached hydrogens (primary N) is 1. The van der Waals surface area contributed by atoms with Crippen molar-refractivity contribution in [3.63, 3.8) is 0 Å². The summed E-state index contributed by atoms with van der Waals surface area (Å²) in [4.78, 5) is 14.0. The maximum Gasteiger partial charge on any atom is 0.312 e. The zero-order valence-electron chi connectivity index (χ0n) is 23.3. The predicted octanol–water partition coefficient (Wildman–Crippen LogP) is 3.60. The fourth-order valence-corrected chi connectivity index (χ4v) is 4.18. The number of anilines is 2. The average molecular weight is 572 g/mol. The van der Waals surface area contributed by atoms with E-state index in [9.17, 15) is 10.1 Å². The van der Waals surface area contributed by atoms with Crippen molar-refractivity contribution in [3.05, 3.63) is 76.8 Å². The van der Waals surface area contributed by atoms with E-state index in [0.29, 0.717) is 13.2 Å². The molecule has 2 aliphatic heterocycles. The lowest BCUT2D eigenvalue weighted by Crippen LogP contribution is -3.09. The van der Waals surface area contributed by atoms with Crippen LogP contribution in [0.1, 0.15) is 7.43 Å². The van der Waals surface area contributed by atoms with Gasteiger partial charge in [0.15, 0.2) is 5.75 Å². The molecule has 3 aromatic rings. The average Bonchev–Trinajstić information content (AvgIpc) is 3.02. The van der Waals surface area contributed by atoms with Gasteiger partial charge in [0.2, 0.25) is 0 Å². The quantitative estimate of drug-likeness (QED) is 0.260. The van der Waals surface area contributed by atoms with Crippen LogP contribution in [-0.2, 0) is 9.47 Å². The maximum absolute atomic E-state index is 10.9. The first-order valence-electron chi connectivity index (χ1n) is 13.1. The molecule has 3 aromatic carbocycles. The number of methoxy groups -OCH3 is 3. The predicted molar refractivity (Wildman–Crippen MR) is 161 cm³/mol. The lowest BCUT2D eigenvalue weighted by Gasteiger charge is -2.28. The molecule has 5 rings (SSSR count). The molecule has 2 fully saturated rings. The Kier molecular flexibility index (Phi) is 14.2. The summed E-state index contributed by atoms with van der Waals surface area (Å²) in [5.74, 6) is 2.04. The molecular formula is C30H43N4O7+. The SMILES string of the molecule is C.COc1ccc(N)cc1.COc1ccc(N2CCOCC2)cc1[N+](=O)[O-].COc1ccc([NH+]2CCOCC2)cc1. The number of ether oxygens (including phenoxy) is 5. The molecule has 11 nitrogen and oxygen atoms in total. The Labute approximate surface area is 242 Å². The van der Waals surface area contributed by atoms with E-state index in [4.69, 9.17) is 29.4 Å². The number of rotatable bonds is 6. The zero-order valence-corrected chi connectivity index (χ0v) is 23.3. The summed E-state index contributed by atoms with van der Waals surface area (Å²) in [6.45, 7) is 6.66. The molecule has 2 saturated heterocycles. The van der Waals surface area contributed by atoms with Gasteiger partial charge in [-0.15, -0.1) is 0 Å². The van der Waals surface area contributed by atoms with Crippen LogP contribution in [0, 0.1) is 10.1 Å². The van der Waals surface area contributed by atoms with E-state index in [1.165, 1.54) is 17.7 Å². The minimum atomic E-state index is -0.428. The second-order valence-electron chi connectivity index (χ2n) is 8.93. The Balaban J connectivity index is 0.000000222. The first-order valence-corrected chi connectivity index (χ1v) is 13.1. The molecule has 2 heterocycles. The van der Waals surface area contributed by atoms with E-state index < -0.39 is 4.92 Å². The van der Waals surface area contributed by atoms with Gasteiger partial charge >= 0.3 is 5.69 Å². The van der Waals surface area contributed by atoms with Crippen LogP contribution in [-0.4, -0.2) is 78.9 Å². The maximum atomic E-state index is 10.9. The Morgan fingerprint density at radius 2 is 1.34 bits per heavy atom. The molecule has 3 N–H and O–H groups in total. The van der Waals surface area contributed by atoms with Crippen LogP contribution in [0.15, 0.2) is 66.7 Å². The molecule has 41 heavy (non-hydrogen) atoms. The number of nitrogens with one attached hydrogen (secondary N) is 1. The minimum Gasteiger partial charge on any atom is -0.497 e. The molecule has 11 heteroatoms. The molecular weight excluding hydrogens is 528 g/mol. The van der Waals surface area contributed by atoms with Gasteiger partial charge in [0.1, 0.15) is 30.3 Å². The topological polar surface area (TPSA) is 123 Å². The standard InChI is InChI=1S/C11H14N2O4.C11H15NO2.C7H9NO.CH4/c1-16-11-3-2-9(8-10(11)13(14)15)12-4-6-17-7-5-12;1-13-11-4-2-10(3-5-11)12-6-8-14-9-7-12;1-9-7-4-2-6(8)3-5-7;/h2-3,8H,4-7H2,1H3;2-5H,6-9H2,1H3;2-5H,8H2,1H3;1H4/p+1. The third-order valence-electron chi connectivity index (χ3n) is 6.45. The Morgan fingerprint density at radius 1 is 0.805 bits per heavy atom. The van der Waals surface area contributed by atoms with E-state index in [2.05, 4.69) is 17.0 Å². The zero-order chi connectivity index (χ0) is 28.7. The Hall–Kier alpha value is -4.06. The number of hydrogen-bond acceptors (Lipinski definition) is 9. The Morgan fingerprint density at radius 3 is 1.85 bits per heavy atom. The Bertz CT molecular complexity index is 1160. The van der Waals surface area contributed by atoms with E-state index >= 15 is 0 Å². The molecule has 0 saturated carbocycles. The van der Waals surface area contributed by atoms with Crippen molar-refractivity contribution in [2.75, 3.05) is 84.6 Å². The first-order chi connectivity index (χ1) is 19.4. The van der Waals surface area contributed by atoms with Crippen LogP contribution in [0.2, 0.25) is 0 Å². The van der Waals surface area contributed by atoms with Gasteiger partial charge in [0.25, 0.3) is 0 Å². The molecule has 2 aliphatic rings. The van der Waals surface area contributed by atoms with Crippen molar-refractivity contribution < 1.29 is 33.5 Å². The highest BCUT2D eigenvalue weighted by Gasteiger charge is 2.19. The molecule has 0 unspecified atom stereocenters. The highest BCUT2D eigenvalue weighted by Crippen LogP contribution is 2.31. The molecule has 224 valence electrons. The van der Waals surface area contributed by atoms with Crippen molar-refractivity contribution in [3.8, 4) is 17.2 Å². The highest BCUT2D eigenvalue weighted by atomic mass is 16.6. The second-order valence-corrected chi connectivity index (χ2v) is 8.93. The van der Waals surface area contributed by atoms with Crippen molar-refractivity contribution >= 4 is 22.7 Å². The largest absolute Gasteiger partial charge is 0.497 e. The summed E-state index contributed by atoms with van der Waals surface area (Å²) in [7, 11) is 4.75.